The third kappa shape index (κ3) is 2.01. The smallest absolute Gasteiger partial charge is 0.142 e. The van der Waals surface area contributed by atoms with E-state index in [4.69, 9.17) is 10.5 Å². The third-order valence-electron chi connectivity index (χ3n) is 3.12. The fourth-order valence-corrected chi connectivity index (χ4v) is 2.15. The molecule has 3 N–H and O–H groups in total. The normalized spacial score (nSPS) is 10.8. The predicted octanol–water partition coefficient (Wildman–Crippen LogP) is 3.13. The van der Waals surface area contributed by atoms with E-state index >= 15 is 0 Å². The van der Waals surface area contributed by atoms with Gasteiger partial charge in [-0.05, 0) is 36.8 Å². The quantitative estimate of drug-likeness (QED) is 0.690. The molecule has 0 unspecified atom stereocenters. The van der Waals surface area contributed by atoms with Gasteiger partial charge in [0.05, 0.1) is 23.7 Å². The van der Waals surface area contributed by atoms with Crippen LogP contribution in [0.25, 0.3) is 22.4 Å². The van der Waals surface area contributed by atoms with Crippen LogP contribution in [0.1, 0.15) is 5.56 Å². The number of rotatable bonds is 2. The van der Waals surface area contributed by atoms with E-state index in [-0.39, 0.29) is 0 Å². The van der Waals surface area contributed by atoms with E-state index < -0.39 is 0 Å². The van der Waals surface area contributed by atoms with Gasteiger partial charge < -0.3 is 15.5 Å². The van der Waals surface area contributed by atoms with E-state index in [1.54, 1.807) is 13.2 Å². The van der Waals surface area contributed by atoms with Crippen LogP contribution >= 0.6 is 0 Å². The molecule has 0 radical (unpaired) electrons. The van der Waals surface area contributed by atoms with Crippen molar-refractivity contribution in [3.8, 4) is 17.1 Å². The van der Waals surface area contributed by atoms with Crippen LogP contribution in [-0.2, 0) is 0 Å². The maximum absolute atomic E-state index is 5.77. The number of nitrogens with two attached hydrogens (primary N) is 1. The summed E-state index contributed by atoms with van der Waals surface area (Å²) >= 11 is 0. The molecule has 0 aliphatic heterocycles. The number of nitrogen functional groups attached to an aromatic ring is 1. The molecule has 0 saturated heterocycles. The number of fused-ring (bicyclic) bond motifs is 1. The maximum Gasteiger partial charge on any atom is 0.142 e. The van der Waals surface area contributed by atoms with E-state index in [0.717, 1.165) is 28.2 Å². The van der Waals surface area contributed by atoms with Crippen molar-refractivity contribution >= 4 is 16.7 Å². The lowest BCUT2D eigenvalue weighted by Crippen LogP contribution is -1.92. The van der Waals surface area contributed by atoms with Crippen molar-refractivity contribution in [2.45, 2.75) is 6.92 Å². The molecule has 2 aromatic carbocycles. The van der Waals surface area contributed by atoms with Gasteiger partial charge in [-0.25, -0.2) is 4.98 Å². The van der Waals surface area contributed by atoms with E-state index in [1.165, 1.54) is 5.56 Å². The first-order valence-electron chi connectivity index (χ1n) is 6.07. The molecular weight excluding hydrogens is 238 g/mol. The van der Waals surface area contributed by atoms with Gasteiger partial charge in [0.15, 0.2) is 0 Å². The van der Waals surface area contributed by atoms with Crippen LogP contribution in [0.3, 0.4) is 0 Å². The highest BCUT2D eigenvalue weighted by Crippen LogP contribution is 2.31. The predicted molar refractivity (Wildman–Crippen MR) is 77.2 cm³/mol. The summed E-state index contributed by atoms with van der Waals surface area (Å²) in [4.78, 5) is 7.90. The molecule has 0 amide bonds. The van der Waals surface area contributed by atoms with Crippen LogP contribution in [0.4, 0.5) is 5.69 Å². The summed E-state index contributed by atoms with van der Waals surface area (Å²) < 4.78 is 5.36. The highest BCUT2D eigenvalue weighted by Gasteiger charge is 2.10. The average Bonchev–Trinajstić information content (AvgIpc) is 2.81. The summed E-state index contributed by atoms with van der Waals surface area (Å²) in [6.45, 7) is 2.06. The molecule has 0 bridgehead atoms. The van der Waals surface area contributed by atoms with Gasteiger partial charge in [0.2, 0.25) is 0 Å². The molecule has 0 saturated carbocycles. The fraction of sp³-hybridized carbons (Fsp3) is 0.133. The number of aromatic amines is 1. The minimum atomic E-state index is 0.674. The Balaban J connectivity index is 2.18. The largest absolute Gasteiger partial charge is 0.496 e. The zero-order valence-electron chi connectivity index (χ0n) is 10.9. The van der Waals surface area contributed by atoms with Gasteiger partial charge in [0.25, 0.3) is 0 Å². The van der Waals surface area contributed by atoms with E-state index in [0.29, 0.717) is 5.69 Å². The van der Waals surface area contributed by atoms with Gasteiger partial charge in [-0.1, -0.05) is 6.07 Å². The van der Waals surface area contributed by atoms with Crippen LogP contribution < -0.4 is 10.5 Å². The highest BCUT2D eigenvalue weighted by atomic mass is 16.5. The first-order valence-corrected chi connectivity index (χ1v) is 6.07. The van der Waals surface area contributed by atoms with Crippen LogP contribution in [-0.4, -0.2) is 17.1 Å². The third-order valence-corrected chi connectivity index (χ3v) is 3.12. The van der Waals surface area contributed by atoms with Crippen molar-refractivity contribution in [2.24, 2.45) is 0 Å². The minimum Gasteiger partial charge on any atom is -0.496 e. The fourth-order valence-electron chi connectivity index (χ4n) is 2.15. The Kier molecular flexibility index (Phi) is 2.63. The van der Waals surface area contributed by atoms with Crippen molar-refractivity contribution in [1.82, 2.24) is 9.97 Å². The van der Waals surface area contributed by atoms with Gasteiger partial charge in [0.1, 0.15) is 11.6 Å². The van der Waals surface area contributed by atoms with Gasteiger partial charge in [-0.3, -0.25) is 0 Å². The second kappa shape index (κ2) is 4.31. The first-order chi connectivity index (χ1) is 9.17. The van der Waals surface area contributed by atoms with Crippen LogP contribution in [0.5, 0.6) is 5.75 Å². The first kappa shape index (κ1) is 11.6. The number of methoxy groups -OCH3 is 1. The van der Waals surface area contributed by atoms with Crippen LogP contribution in [0, 0.1) is 6.92 Å². The zero-order chi connectivity index (χ0) is 13.4. The van der Waals surface area contributed by atoms with Crippen LogP contribution in [0.2, 0.25) is 0 Å². The van der Waals surface area contributed by atoms with Crippen molar-refractivity contribution in [3.05, 3.63) is 42.0 Å². The number of H-pyrrole nitrogens is 1. The van der Waals surface area contributed by atoms with Gasteiger partial charge in [-0.2, -0.15) is 0 Å². The van der Waals surface area contributed by atoms with Gasteiger partial charge >= 0.3 is 0 Å². The summed E-state index contributed by atoms with van der Waals surface area (Å²) in [7, 11) is 1.63. The molecule has 96 valence electrons. The lowest BCUT2D eigenvalue weighted by Gasteiger charge is -2.06. The molecule has 0 spiro atoms. The second-order valence-corrected chi connectivity index (χ2v) is 4.57. The summed E-state index contributed by atoms with van der Waals surface area (Å²) in [5, 5.41) is 0. The second-order valence-electron chi connectivity index (χ2n) is 4.57. The number of hydrogen-bond acceptors (Lipinski definition) is 3. The Morgan fingerprint density at radius 1 is 1.16 bits per heavy atom. The molecule has 0 atom stereocenters. The molecule has 0 aliphatic rings. The van der Waals surface area contributed by atoms with Crippen molar-refractivity contribution < 1.29 is 4.74 Å². The number of aromatic nitrogens is 2. The Morgan fingerprint density at radius 3 is 2.79 bits per heavy atom. The Bertz CT molecular complexity index is 746. The molecule has 1 heterocycles. The molecule has 0 aliphatic carbocycles. The Morgan fingerprint density at radius 2 is 2.00 bits per heavy atom. The summed E-state index contributed by atoms with van der Waals surface area (Å²) in [6.07, 6.45) is 0. The van der Waals surface area contributed by atoms with Gasteiger partial charge in [-0.15, -0.1) is 0 Å². The van der Waals surface area contributed by atoms with E-state index in [9.17, 15) is 0 Å². The lowest BCUT2D eigenvalue weighted by molar-refractivity contribution is 0.416. The Hall–Kier alpha value is -2.49. The monoisotopic (exact) mass is 253 g/mol. The highest BCUT2D eigenvalue weighted by molar-refractivity contribution is 5.81. The molecule has 4 heteroatoms. The molecule has 19 heavy (non-hydrogen) atoms. The number of aryl methyl sites for hydroxylation is 1. The standard InChI is InChI=1S/C15H15N3O/c1-9-3-6-12-13(7-9)18-15(17-12)11-5-4-10(16)8-14(11)19-2/h3-8H,16H2,1-2H3,(H,17,18). The molecule has 0 fully saturated rings. The van der Waals surface area contributed by atoms with E-state index in [2.05, 4.69) is 23.0 Å². The number of nitrogens with one attached hydrogen (secondary N) is 1. The van der Waals surface area contributed by atoms with Gasteiger partial charge in [0, 0.05) is 11.8 Å². The molecule has 3 rings (SSSR count). The number of hydrogen-bond donors (Lipinski definition) is 2. The number of benzene rings is 2. The maximum atomic E-state index is 5.77. The summed E-state index contributed by atoms with van der Waals surface area (Å²) in [5.74, 6) is 1.51. The molecular formula is C15H15N3O. The molecule has 4 nitrogen and oxygen atoms in total. The number of imidazole rings is 1. The van der Waals surface area contributed by atoms with Crippen molar-refractivity contribution in [2.75, 3.05) is 12.8 Å². The SMILES string of the molecule is COc1cc(N)ccc1-c1nc2ccc(C)cc2[nH]1. The number of nitrogens with zero attached hydrogens (tertiary/aromatic N) is 1. The number of ether oxygens (including phenoxy) is 1. The summed E-state index contributed by atoms with van der Waals surface area (Å²) in [6, 6.07) is 11.7. The van der Waals surface area contributed by atoms with Crippen LogP contribution in [0.15, 0.2) is 36.4 Å². The molecule has 3 aromatic rings. The lowest BCUT2D eigenvalue weighted by atomic mass is 10.1. The Labute approximate surface area is 111 Å². The zero-order valence-corrected chi connectivity index (χ0v) is 10.9. The minimum absolute atomic E-state index is 0.674. The topological polar surface area (TPSA) is 63.9 Å². The van der Waals surface area contributed by atoms with Crippen molar-refractivity contribution in [3.63, 3.8) is 0 Å². The summed E-state index contributed by atoms with van der Waals surface area (Å²) in [5.41, 5.74) is 10.5. The molecule has 1 aromatic heterocycles. The van der Waals surface area contributed by atoms with Crippen molar-refractivity contribution in [1.29, 1.82) is 0 Å². The van der Waals surface area contributed by atoms with E-state index in [1.807, 2.05) is 24.3 Å². The average molecular weight is 253 g/mol. The number of anilines is 1.